The molecule has 1 N–H and O–H groups in total. The molecule has 3 aromatic rings. The van der Waals surface area contributed by atoms with E-state index in [0.717, 1.165) is 0 Å². The summed E-state index contributed by atoms with van der Waals surface area (Å²) in [5.74, 6) is 0.820. The molecule has 0 saturated carbocycles. The van der Waals surface area contributed by atoms with Crippen molar-refractivity contribution in [2.45, 2.75) is 13.0 Å². The minimum absolute atomic E-state index is 0.139. The van der Waals surface area contributed by atoms with Gasteiger partial charge in [-0.05, 0) is 25.1 Å². The summed E-state index contributed by atoms with van der Waals surface area (Å²) < 4.78 is 7.32. The van der Waals surface area contributed by atoms with Gasteiger partial charge in [-0.25, -0.2) is 4.98 Å². The van der Waals surface area contributed by atoms with Crippen LogP contribution in [0.4, 0.5) is 5.69 Å². The van der Waals surface area contributed by atoms with E-state index < -0.39 is 0 Å². The van der Waals surface area contributed by atoms with Crippen LogP contribution < -0.4 is 10.1 Å². The second-order valence-corrected chi connectivity index (χ2v) is 4.87. The van der Waals surface area contributed by atoms with Gasteiger partial charge in [-0.1, -0.05) is 6.07 Å². The quantitative estimate of drug-likeness (QED) is 0.783. The maximum atomic E-state index is 12.3. The predicted molar refractivity (Wildman–Crippen MR) is 84.1 cm³/mol. The molecule has 1 atom stereocenters. The number of hydrogen-bond donors (Lipinski definition) is 1. The van der Waals surface area contributed by atoms with Crippen LogP contribution in [0.1, 0.15) is 13.0 Å². The van der Waals surface area contributed by atoms with Gasteiger partial charge in [0.15, 0.2) is 0 Å². The first-order valence-corrected chi connectivity index (χ1v) is 7.06. The van der Waals surface area contributed by atoms with Crippen LogP contribution in [0.5, 0.6) is 11.6 Å². The Labute approximate surface area is 133 Å². The number of rotatable bonds is 5. The van der Waals surface area contributed by atoms with Gasteiger partial charge in [0.25, 0.3) is 0 Å². The fourth-order valence-corrected chi connectivity index (χ4v) is 1.98. The average Bonchev–Trinajstić information content (AvgIpc) is 3.10. The van der Waals surface area contributed by atoms with Gasteiger partial charge < -0.3 is 14.6 Å². The van der Waals surface area contributed by atoms with Crippen LogP contribution in [-0.4, -0.2) is 25.7 Å². The second-order valence-electron chi connectivity index (χ2n) is 4.87. The Kier molecular flexibility index (Phi) is 4.28. The number of nitrogens with one attached hydrogen (secondary N) is 1. The van der Waals surface area contributed by atoms with E-state index in [1.807, 2.05) is 0 Å². The molecule has 2 aromatic heterocycles. The van der Waals surface area contributed by atoms with Crippen LogP contribution in [0.2, 0.25) is 0 Å². The maximum absolute atomic E-state index is 12.3. The van der Waals surface area contributed by atoms with Crippen LogP contribution in [0.15, 0.2) is 61.3 Å². The summed E-state index contributed by atoms with van der Waals surface area (Å²) in [6.45, 7) is 1.80. The molecule has 116 valence electrons. The number of amides is 1. The third kappa shape index (κ3) is 3.70. The van der Waals surface area contributed by atoms with Gasteiger partial charge in [0.2, 0.25) is 11.8 Å². The Morgan fingerprint density at radius 1 is 1.26 bits per heavy atom. The topological polar surface area (TPSA) is 81.9 Å². The zero-order chi connectivity index (χ0) is 16.1. The molecule has 7 nitrogen and oxygen atoms in total. The van der Waals surface area contributed by atoms with Gasteiger partial charge >= 0.3 is 0 Å². The zero-order valence-electron chi connectivity index (χ0n) is 12.5. The Hall–Kier alpha value is -3.22. The summed E-state index contributed by atoms with van der Waals surface area (Å²) in [7, 11) is 0. The van der Waals surface area contributed by atoms with Gasteiger partial charge in [0.1, 0.15) is 11.8 Å². The molecule has 0 fully saturated rings. The molecule has 0 bridgehead atoms. The molecule has 0 aliphatic rings. The highest BCUT2D eigenvalue weighted by Gasteiger charge is 2.14. The van der Waals surface area contributed by atoms with Crippen molar-refractivity contribution in [2.24, 2.45) is 0 Å². The lowest BCUT2D eigenvalue weighted by molar-refractivity contribution is -0.118. The van der Waals surface area contributed by atoms with Crippen LogP contribution in [0, 0.1) is 0 Å². The summed E-state index contributed by atoms with van der Waals surface area (Å²) in [5.41, 5.74) is 0.642. The molecule has 3 rings (SSSR count). The minimum atomic E-state index is -0.359. The third-order valence-electron chi connectivity index (χ3n) is 3.22. The van der Waals surface area contributed by atoms with Gasteiger partial charge in [0, 0.05) is 36.4 Å². The van der Waals surface area contributed by atoms with Crippen molar-refractivity contribution in [3.8, 4) is 11.6 Å². The number of nitrogens with zero attached hydrogens (tertiary/aromatic N) is 4. The van der Waals surface area contributed by atoms with Crippen molar-refractivity contribution in [2.75, 3.05) is 5.32 Å². The first-order chi connectivity index (χ1) is 11.2. The molecule has 0 spiro atoms. The van der Waals surface area contributed by atoms with E-state index in [2.05, 4.69) is 20.5 Å². The van der Waals surface area contributed by atoms with E-state index in [1.54, 1.807) is 72.8 Å². The fourth-order valence-electron chi connectivity index (χ4n) is 1.98. The van der Waals surface area contributed by atoms with E-state index in [0.29, 0.717) is 17.3 Å². The fraction of sp³-hybridized carbons (Fsp3) is 0.125. The highest BCUT2D eigenvalue weighted by Crippen LogP contribution is 2.22. The number of anilines is 1. The summed E-state index contributed by atoms with van der Waals surface area (Å²) in [4.78, 5) is 16.2. The highest BCUT2D eigenvalue weighted by atomic mass is 16.5. The summed E-state index contributed by atoms with van der Waals surface area (Å²) >= 11 is 0. The SMILES string of the molecule is CC(C(=O)Nc1cccc(Oc2cccnn2)c1)n1ccnc1. The molecule has 23 heavy (non-hydrogen) atoms. The van der Waals surface area contributed by atoms with Crippen LogP contribution in [0.3, 0.4) is 0 Å². The van der Waals surface area contributed by atoms with Crippen LogP contribution in [-0.2, 0) is 4.79 Å². The third-order valence-corrected chi connectivity index (χ3v) is 3.22. The van der Waals surface area contributed by atoms with Crippen molar-refractivity contribution in [1.82, 2.24) is 19.7 Å². The Morgan fingerprint density at radius 2 is 2.17 bits per heavy atom. The zero-order valence-corrected chi connectivity index (χ0v) is 12.5. The number of imidazole rings is 1. The molecule has 0 radical (unpaired) electrons. The first kappa shape index (κ1) is 14.7. The van der Waals surface area contributed by atoms with Gasteiger partial charge in [-0.3, -0.25) is 4.79 Å². The standard InChI is InChI=1S/C16H15N5O2/c1-12(21-9-8-17-11-21)16(22)19-13-4-2-5-14(10-13)23-15-6-3-7-18-20-15/h2-12H,1H3,(H,19,22). The minimum Gasteiger partial charge on any atom is -0.437 e. The molecule has 7 heteroatoms. The number of carbonyl (C=O) groups is 1. The number of benzene rings is 1. The van der Waals surface area contributed by atoms with E-state index in [4.69, 9.17) is 4.74 Å². The molecule has 1 aromatic carbocycles. The van der Waals surface area contributed by atoms with Crippen molar-refractivity contribution < 1.29 is 9.53 Å². The molecule has 0 aliphatic heterocycles. The number of hydrogen-bond acceptors (Lipinski definition) is 5. The van der Waals surface area contributed by atoms with E-state index in [9.17, 15) is 4.79 Å². The van der Waals surface area contributed by atoms with Crippen LogP contribution in [0.25, 0.3) is 0 Å². The van der Waals surface area contributed by atoms with Gasteiger partial charge in [-0.2, -0.15) is 5.10 Å². The van der Waals surface area contributed by atoms with Crippen molar-refractivity contribution in [3.63, 3.8) is 0 Å². The van der Waals surface area contributed by atoms with Gasteiger partial charge in [0.05, 0.1) is 6.33 Å². The van der Waals surface area contributed by atoms with E-state index >= 15 is 0 Å². The molecule has 0 saturated heterocycles. The number of ether oxygens (including phenoxy) is 1. The molecular weight excluding hydrogens is 294 g/mol. The van der Waals surface area contributed by atoms with E-state index in [1.165, 1.54) is 0 Å². The van der Waals surface area contributed by atoms with Crippen molar-refractivity contribution >= 4 is 11.6 Å². The molecule has 1 unspecified atom stereocenters. The average molecular weight is 309 g/mol. The summed E-state index contributed by atoms with van der Waals surface area (Å²) in [6, 6.07) is 10.2. The highest BCUT2D eigenvalue weighted by molar-refractivity contribution is 5.93. The lowest BCUT2D eigenvalue weighted by Crippen LogP contribution is -2.22. The largest absolute Gasteiger partial charge is 0.437 e. The number of carbonyl (C=O) groups excluding carboxylic acids is 1. The Bertz CT molecular complexity index is 774. The molecule has 1 amide bonds. The Morgan fingerprint density at radius 3 is 2.91 bits per heavy atom. The first-order valence-electron chi connectivity index (χ1n) is 7.06. The molecule has 0 aliphatic carbocycles. The lowest BCUT2D eigenvalue weighted by Gasteiger charge is -2.14. The molecular formula is C16H15N5O2. The summed E-state index contributed by atoms with van der Waals surface area (Å²) in [5, 5.41) is 10.5. The lowest BCUT2D eigenvalue weighted by atomic mass is 10.2. The van der Waals surface area contributed by atoms with Crippen molar-refractivity contribution in [3.05, 3.63) is 61.3 Å². The normalized spacial score (nSPS) is 11.7. The van der Waals surface area contributed by atoms with Crippen molar-refractivity contribution in [1.29, 1.82) is 0 Å². The maximum Gasteiger partial charge on any atom is 0.247 e. The van der Waals surface area contributed by atoms with E-state index in [-0.39, 0.29) is 11.9 Å². The second kappa shape index (κ2) is 6.69. The monoisotopic (exact) mass is 309 g/mol. The van der Waals surface area contributed by atoms with Gasteiger partial charge in [-0.15, -0.1) is 5.10 Å². The molecule has 2 heterocycles. The van der Waals surface area contributed by atoms with Crippen LogP contribution >= 0.6 is 0 Å². The number of aromatic nitrogens is 4. The summed E-state index contributed by atoms with van der Waals surface area (Å²) in [6.07, 6.45) is 6.57. The predicted octanol–water partition coefficient (Wildman–Crippen LogP) is 2.67. The Balaban J connectivity index is 1.69. The smallest absolute Gasteiger partial charge is 0.247 e.